The van der Waals surface area contributed by atoms with E-state index in [0.29, 0.717) is 37.8 Å². The fraction of sp³-hybridized carbons (Fsp3) is 0.429. The van der Waals surface area contributed by atoms with Gasteiger partial charge in [-0.15, -0.1) is 0 Å². The molecule has 152 valence electrons. The summed E-state index contributed by atoms with van der Waals surface area (Å²) >= 11 is 0. The molecule has 1 aliphatic carbocycles. The minimum absolute atomic E-state index is 0.166. The van der Waals surface area contributed by atoms with Crippen molar-refractivity contribution in [3.63, 3.8) is 0 Å². The molecule has 1 saturated carbocycles. The zero-order chi connectivity index (χ0) is 20.2. The third kappa shape index (κ3) is 4.89. The molecule has 0 unspecified atom stereocenters. The van der Waals surface area contributed by atoms with Gasteiger partial charge in [0.25, 0.3) is 0 Å². The van der Waals surface area contributed by atoms with Gasteiger partial charge in [-0.3, -0.25) is 14.5 Å². The Bertz CT molecular complexity index is 845. The molecule has 0 radical (unpaired) electrons. The number of nitrogens with two attached hydrogens (primary N) is 1. The molecular weight excluding hydrogens is 368 g/mol. The standard InChI is InChI=1S/C21H26N6O2/c22-20(29)17-4-2-16(3-5-17)14-27(18-6-7-18)15-19(28)25-10-12-26(13-11-25)21-23-8-1-9-24-21/h1-5,8-9,18H,6-7,10-15H2,(H2,22,29). The number of anilines is 1. The van der Waals surface area contributed by atoms with Crippen LogP contribution in [0.4, 0.5) is 5.95 Å². The summed E-state index contributed by atoms with van der Waals surface area (Å²) in [5, 5.41) is 0. The summed E-state index contributed by atoms with van der Waals surface area (Å²) < 4.78 is 0. The second kappa shape index (κ2) is 8.57. The Labute approximate surface area is 170 Å². The van der Waals surface area contributed by atoms with Crippen molar-refractivity contribution in [2.24, 2.45) is 5.73 Å². The Morgan fingerprint density at radius 1 is 1.03 bits per heavy atom. The Hall–Kier alpha value is -3.00. The fourth-order valence-electron chi connectivity index (χ4n) is 3.65. The van der Waals surface area contributed by atoms with Crippen molar-refractivity contribution in [3.05, 3.63) is 53.9 Å². The van der Waals surface area contributed by atoms with Gasteiger partial charge in [0.2, 0.25) is 17.8 Å². The molecule has 4 rings (SSSR count). The van der Waals surface area contributed by atoms with Gasteiger partial charge in [0.05, 0.1) is 6.54 Å². The lowest BCUT2D eigenvalue weighted by Gasteiger charge is -2.35. The molecule has 2 amide bonds. The topological polar surface area (TPSA) is 95.7 Å². The summed E-state index contributed by atoms with van der Waals surface area (Å²) in [7, 11) is 0. The van der Waals surface area contributed by atoms with E-state index in [0.717, 1.165) is 37.4 Å². The van der Waals surface area contributed by atoms with E-state index in [2.05, 4.69) is 19.8 Å². The first-order valence-electron chi connectivity index (χ1n) is 10.0. The molecule has 2 aromatic rings. The van der Waals surface area contributed by atoms with E-state index in [1.54, 1.807) is 30.6 Å². The van der Waals surface area contributed by atoms with Crippen molar-refractivity contribution in [2.45, 2.75) is 25.4 Å². The molecule has 29 heavy (non-hydrogen) atoms. The third-order valence-electron chi connectivity index (χ3n) is 5.49. The lowest BCUT2D eigenvalue weighted by molar-refractivity contribution is -0.133. The number of carbonyl (C=O) groups is 2. The lowest BCUT2D eigenvalue weighted by Crippen LogP contribution is -2.51. The number of amides is 2. The highest BCUT2D eigenvalue weighted by molar-refractivity contribution is 5.92. The highest BCUT2D eigenvalue weighted by Crippen LogP contribution is 2.28. The summed E-state index contributed by atoms with van der Waals surface area (Å²) in [4.78, 5) is 39.0. The van der Waals surface area contributed by atoms with Crippen molar-refractivity contribution in [1.82, 2.24) is 19.8 Å². The van der Waals surface area contributed by atoms with Crippen LogP contribution in [-0.2, 0) is 11.3 Å². The number of benzene rings is 1. The molecule has 1 aromatic carbocycles. The molecule has 2 heterocycles. The van der Waals surface area contributed by atoms with E-state index in [-0.39, 0.29) is 5.91 Å². The molecule has 2 N–H and O–H groups in total. The summed E-state index contributed by atoms with van der Waals surface area (Å²) in [6.07, 6.45) is 5.74. The average Bonchev–Trinajstić information content (AvgIpc) is 3.60. The van der Waals surface area contributed by atoms with Crippen LogP contribution in [0.3, 0.4) is 0 Å². The highest BCUT2D eigenvalue weighted by Gasteiger charge is 2.32. The van der Waals surface area contributed by atoms with Crippen molar-refractivity contribution in [1.29, 1.82) is 0 Å². The van der Waals surface area contributed by atoms with E-state index >= 15 is 0 Å². The second-order valence-corrected chi connectivity index (χ2v) is 7.61. The molecule has 8 nitrogen and oxygen atoms in total. The van der Waals surface area contributed by atoms with E-state index in [4.69, 9.17) is 5.73 Å². The lowest BCUT2D eigenvalue weighted by atomic mass is 10.1. The molecule has 2 aliphatic rings. The van der Waals surface area contributed by atoms with Crippen LogP contribution in [0, 0.1) is 0 Å². The molecule has 0 atom stereocenters. The van der Waals surface area contributed by atoms with Crippen LogP contribution in [0.2, 0.25) is 0 Å². The minimum Gasteiger partial charge on any atom is -0.366 e. The maximum atomic E-state index is 12.9. The van der Waals surface area contributed by atoms with Crippen LogP contribution >= 0.6 is 0 Å². The first kappa shape index (κ1) is 19.3. The predicted molar refractivity (Wildman–Crippen MR) is 109 cm³/mol. The maximum absolute atomic E-state index is 12.9. The van der Waals surface area contributed by atoms with Crippen molar-refractivity contribution < 1.29 is 9.59 Å². The molecule has 1 saturated heterocycles. The number of primary amides is 1. The minimum atomic E-state index is -0.425. The van der Waals surface area contributed by atoms with Crippen LogP contribution in [0.1, 0.15) is 28.8 Å². The zero-order valence-corrected chi connectivity index (χ0v) is 16.4. The second-order valence-electron chi connectivity index (χ2n) is 7.61. The van der Waals surface area contributed by atoms with Gasteiger partial charge in [-0.25, -0.2) is 9.97 Å². The Kier molecular flexibility index (Phi) is 5.71. The van der Waals surface area contributed by atoms with Crippen LogP contribution in [0.15, 0.2) is 42.7 Å². The van der Waals surface area contributed by atoms with Crippen LogP contribution in [0.25, 0.3) is 0 Å². The van der Waals surface area contributed by atoms with Crippen molar-refractivity contribution in [3.8, 4) is 0 Å². The van der Waals surface area contributed by atoms with Crippen LogP contribution in [-0.4, -0.2) is 70.3 Å². The van der Waals surface area contributed by atoms with E-state index < -0.39 is 5.91 Å². The monoisotopic (exact) mass is 394 g/mol. The first-order chi connectivity index (χ1) is 14.1. The highest BCUT2D eigenvalue weighted by atomic mass is 16.2. The van der Waals surface area contributed by atoms with Crippen LogP contribution in [0.5, 0.6) is 0 Å². The van der Waals surface area contributed by atoms with Crippen molar-refractivity contribution >= 4 is 17.8 Å². The van der Waals surface area contributed by atoms with Gasteiger partial charge in [-0.2, -0.15) is 0 Å². The number of carbonyl (C=O) groups excluding carboxylic acids is 2. The maximum Gasteiger partial charge on any atom is 0.248 e. The summed E-state index contributed by atoms with van der Waals surface area (Å²) in [6.45, 7) is 3.98. The number of hydrogen-bond donors (Lipinski definition) is 1. The SMILES string of the molecule is NC(=O)c1ccc(CN(CC(=O)N2CCN(c3ncccn3)CC2)C2CC2)cc1. The number of piperazine rings is 1. The number of rotatable bonds is 7. The van der Waals surface area contributed by atoms with Crippen molar-refractivity contribution in [2.75, 3.05) is 37.6 Å². The Morgan fingerprint density at radius 2 is 1.69 bits per heavy atom. The smallest absolute Gasteiger partial charge is 0.248 e. The molecule has 1 aromatic heterocycles. The largest absolute Gasteiger partial charge is 0.366 e. The normalized spacial score (nSPS) is 16.9. The molecular formula is C21H26N6O2. The van der Waals surface area contributed by atoms with Gasteiger partial charge in [0.1, 0.15) is 0 Å². The Balaban J connectivity index is 1.32. The summed E-state index contributed by atoms with van der Waals surface area (Å²) in [5.74, 6) is 0.462. The molecule has 0 spiro atoms. The van der Waals surface area contributed by atoms with Gasteiger partial charge in [0, 0.05) is 56.7 Å². The van der Waals surface area contributed by atoms with Gasteiger partial charge < -0.3 is 15.5 Å². The number of nitrogens with zero attached hydrogens (tertiary/aromatic N) is 5. The fourth-order valence-corrected chi connectivity index (χ4v) is 3.65. The van der Waals surface area contributed by atoms with Crippen LogP contribution < -0.4 is 10.6 Å². The van der Waals surface area contributed by atoms with Gasteiger partial charge in [-0.05, 0) is 36.6 Å². The van der Waals surface area contributed by atoms with Gasteiger partial charge >= 0.3 is 0 Å². The van der Waals surface area contributed by atoms with E-state index in [1.807, 2.05) is 17.0 Å². The molecule has 0 bridgehead atoms. The summed E-state index contributed by atoms with van der Waals surface area (Å²) in [5.41, 5.74) is 6.89. The molecule has 8 heteroatoms. The third-order valence-corrected chi connectivity index (χ3v) is 5.49. The summed E-state index contributed by atoms with van der Waals surface area (Å²) in [6, 6.07) is 9.59. The van der Waals surface area contributed by atoms with E-state index in [9.17, 15) is 9.59 Å². The zero-order valence-electron chi connectivity index (χ0n) is 16.4. The number of aromatic nitrogens is 2. The van der Waals surface area contributed by atoms with E-state index in [1.165, 1.54) is 0 Å². The van der Waals surface area contributed by atoms with Gasteiger partial charge in [-0.1, -0.05) is 12.1 Å². The number of hydrogen-bond acceptors (Lipinski definition) is 6. The molecule has 1 aliphatic heterocycles. The average molecular weight is 394 g/mol. The molecule has 2 fully saturated rings. The quantitative estimate of drug-likeness (QED) is 0.749. The predicted octanol–water partition coefficient (Wildman–Crippen LogP) is 0.889. The van der Waals surface area contributed by atoms with Gasteiger partial charge in [0.15, 0.2) is 0 Å². The Morgan fingerprint density at radius 3 is 2.28 bits per heavy atom. The first-order valence-corrected chi connectivity index (χ1v) is 10.0.